The Morgan fingerprint density at radius 3 is 2.57 bits per heavy atom. The quantitative estimate of drug-likeness (QED) is 0.702. The number of carbonyl (C=O) groups is 1. The molecule has 5 nitrogen and oxygen atoms in total. The Hall–Kier alpha value is -1.22. The third-order valence-electron chi connectivity index (χ3n) is 2.88. The maximum Gasteiger partial charge on any atom is 0.348 e. The molecule has 0 bridgehead atoms. The van der Waals surface area contributed by atoms with Gasteiger partial charge in [-0.1, -0.05) is 28.1 Å². The van der Waals surface area contributed by atoms with Crippen LogP contribution in [-0.4, -0.2) is 27.2 Å². The van der Waals surface area contributed by atoms with Gasteiger partial charge in [-0.15, -0.1) is 11.3 Å². The highest BCUT2D eigenvalue weighted by Crippen LogP contribution is 2.19. The minimum atomic E-state index is -3.19. The molecule has 0 unspecified atom stereocenters. The zero-order valence-electron chi connectivity index (χ0n) is 12.4. The topological polar surface area (TPSA) is 72.5 Å². The molecule has 0 amide bonds. The Balaban J connectivity index is 1.84. The molecular formula is C15H16BrNO4S2. The lowest BCUT2D eigenvalue weighted by Crippen LogP contribution is -2.23. The molecule has 8 heteroatoms. The average Bonchev–Trinajstić information content (AvgIpc) is 2.94. The number of ether oxygens (including phenoxy) is 1. The van der Waals surface area contributed by atoms with Crippen LogP contribution in [0.5, 0.6) is 0 Å². The van der Waals surface area contributed by atoms with Crippen LogP contribution in [0, 0.1) is 0 Å². The minimum absolute atomic E-state index is 0.217. The van der Waals surface area contributed by atoms with Crippen molar-refractivity contribution in [2.75, 3.05) is 12.8 Å². The normalized spacial score (nSPS) is 11.4. The number of halogens is 1. The van der Waals surface area contributed by atoms with Crippen LogP contribution in [-0.2, 0) is 27.8 Å². The Morgan fingerprint density at radius 1 is 1.22 bits per heavy atom. The number of esters is 1. The Bertz CT molecular complexity index is 769. The average molecular weight is 418 g/mol. The fourth-order valence-electron chi connectivity index (χ4n) is 1.78. The molecule has 1 heterocycles. The van der Waals surface area contributed by atoms with E-state index in [9.17, 15) is 13.2 Å². The summed E-state index contributed by atoms with van der Waals surface area (Å²) in [4.78, 5) is 13.4. The van der Waals surface area contributed by atoms with E-state index in [0.717, 1.165) is 21.2 Å². The molecule has 1 aromatic heterocycles. The molecule has 23 heavy (non-hydrogen) atoms. The van der Waals surface area contributed by atoms with Crippen molar-refractivity contribution in [1.82, 2.24) is 4.72 Å². The van der Waals surface area contributed by atoms with Gasteiger partial charge >= 0.3 is 5.97 Å². The van der Waals surface area contributed by atoms with Gasteiger partial charge in [0.2, 0.25) is 10.0 Å². The largest absolute Gasteiger partial charge is 0.457 e. The second kappa shape index (κ2) is 8.05. The van der Waals surface area contributed by atoms with Gasteiger partial charge in [0, 0.05) is 15.9 Å². The first-order valence-electron chi connectivity index (χ1n) is 6.78. The van der Waals surface area contributed by atoms with E-state index in [-0.39, 0.29) is 12.6 Å². The van der Waals surface area contributed by atoms with E-state index in [1.165, 1.54) is 11.3 Å². The smallest absolute Gasteiger partial charge is 0.348 e. The van der Waals surface area contributed by atoms with Gasteiger partial charge < -0.3 is 4.74 Å². The number of rotatable bonds is 7. The predicted octanol–water partition coefficient (Wildman–Crippen LogP) is 2.96. The van der Waals surface area contributed by atoms with Gasteiger partial charge in [0.05, 0.1) is 6.26 Å². The molecule has 1 aromatic carbocycles. The number of hydrogen-bond donors (Lipinski definition) is 1. The highest BCUT2D eigenvalue weighted by Gasteiger charge is 2.11. The minimum Gasteiger partial charge on any atom is -0.457 e. The van der Waals surface area contributed by atoms with Gasteiger partial charge in [0.1, 0.15) is 11.5 Å². The predicted molar refractivity (Wildman–Crippen MR) is 94.1 cm³/mol. The van der Waals surface area contributed by atoms with Crippen LogP contribution in [0.15, 0.2) is 40.9 Å². The second-order valence-electron chi connectivity index (χ2n) is 4.89. The Morgan fingerprint density at radius 2 is 1.91 bits per heavy atom. The SMILES string of the molecule is CS(=O)(=O)NCCc1ccc(C(=O)OCc2ccc(Br)cc2)s1. The molecule has 0 atom stereocenters. The summed E-state index contributed by atoms with van der Waals surface area (Å²) in [5, 5.41) is 0. The summed E-state index contributed by atoms with van der Waals surface area (Å²) in [7, 11) is -3.19. The second-order valence-corrected chi connectivity index (χ2v) is 8.80. The number of sulfonamides is 1. The molecule has 0 aliphatic rings. The molecular weight excluding hydrogens is 402 g/mol. The van der Waals surface area contributed by atoms with Crippen LogP contribution in [0.25, 0.3) is 0 Å². The van der Waals surface area contributed by atoms with Gasteiger partial charge in [-0.25, -0.2) is 17.9 Å². The van der Waals surface area contributed by atoms with E-state index in [1.807, 2.05) is 30.3 Å². The van der Waals surface area contributed by atoms with Crippen molar-refractivity contribution in [2.45, 2.75) is 13.0 Å². The van der Waals surface area contributed by atoms with E-state index in [0.29, 0.717) is 17.8 Å². The summed E-state index contributed by atoms with van der Waals surface area (Å²) < 4.78 is 30.6. The standard InChI is InChI=1S/C15H16BrNO4S2/c1-23(19,20)17-9-8-13-6-7-14(22-13)15(18)21-10-11-2-4-12(16)5-3-11/h2-7,17H,8-10H2,1H3. The van der Waals surface area contributed by atoms with Crippen LogP contribution in [0.2, 0.25) is 0 Å². The van der Waals surface area contributed by atoms with Gasteiger partial charge in [-0.2, -0.15) is 0 Å². The van der Waals surface area contributed by atoms with Crippen molar-refractivity contribution in [2.24, 2.45) is 0 Å². The zero-order chi connectivity index (χ0) is 16.9. The summed E-state index contributed by atoms with van der Waals surface area (Å²) in [6.45, 7) is 0.529. The summed E-state index contributed by atoms with van der Waals surface area (Å²) in [5.41, 5.74) is 0.913. The van der Waals surface area contributed by atoms with Crippen LogP contribution < -0.4 is 4.72 Å². The van der Waals surface area contributed by atoms with Crippen molar-refractivity contribution < 1.29 is 17.9 Å². The number of nitrogens with one attached hydrogen (secondary N) is 1. The molecule has 0 fully saturated rings. The first kappa shape index (κ1) is 18.1. The molecule has 2 rings (SSSR count). The summed E-state index contributed by atoms with van der Waals surface area (Å²) in [6.07, 6.45) is 1.66. The summed E-state index contributed by atoms with van der Waals surface area (Å²) >= 11 is 4.66. The number of carbonyl (C=O) groups excluding carboxylic acids is 1. The maximum atomic E-state index is 12.0. The molecule has 0 radical (unpaired) electrons. The van der Waals surface area contributed by atoms with E-state index in [4.69, 9.17) is 4.74 Å². The summed E-state index contributed by atoms with van der Waals surface area (Å²) in [6, 6.07) is 11.1. The van der Waals surface area contributed by atoms with Crippen molar-refractivity contribution in [1.29, 1.82) is 0 Å². The molecule has 1 N–H and O–H groups in total. The summed E-state index contributed by atoms with van der Waals surface area (Å²) in [5.74, 6) is -0.375. The number of benzene rings is 1. The highest BCUT2D eigenvalue weighted by molar-refractivity contribution is 9.10. The highest BCUT2D eigenvalue weighted by atomic mass is 79.9. The lowest BCUT2D eigenvalue weighted by Gasteiger charge is -2.03. The first-order chi connectivity index (χ1) is 10.8. The molecule has 2 aromatic rings. The van der Waals surface area contributed by atoms with E-state index >= 15 is 0 Å². The number of hydrogen-bond acceptors (Lipinski definition) is 5. The molecule has 0 saturated carbocycles. The van der Waals surface area contributed by atoms with Crippen molar-refractivity contribution in [3.05, 3.63) is 56.2 Å². The zero-order valence-corrected chi connectivity index (χ0v) is 15.6. The molecule has 0 aliphatic carbocycles. The molecule has 0 spiro atoms. The van der Waals surface area contributed by atoms with Gasteiger partial charge in [-0.3, -0.25) is 0 Å². The fourth-order valence-corrected chi connectivity index (χ4v) is 3.42. The lowest BCUT2D eigenvalue weighted by atomic mass is 10.2. The lowest BCUT2D eigenvalue weighted by molar-refractivity contribution is 0.0478. The first-order valence-corrected chi connectivity index (χ1v) is 10.3. The molecule has 0 saturated heterocycles. The molecule has 124 valence electrons. The molecule has 0 aliphatic heterocycles. The Labute approximate surface area is 147 Å². The van der Waals surface area contributed by atoms with Crippen molar-refractivity contribution in [3.8, 4) is 0 Å². The van der Waals surface area contributed by atoms with Crippen molar-refractivity contribution >= 4 is 43.3 Å². The third kappa shape index (κ3) is 6.42. The van der Waals surface area contributed by atoms with Gasteiger partial charge in [0.15, 0.2) is 0 Å². The van der Waals surface area contributed by atoms with Gasteiger partial charge in [0.25, 0.3) is 0 Å². The monoisotopic (exact) mass is 417 g/mol. The van der Waals surface area contributed by atoms with E-state index in [1.54, 1.807) is 6.07 Å². The van der Waals surface area contributed by atoms with Crippen molar-refractivity contribution in [3.63, 3.8) is 0 Å². The van der Waals surface area contributed by atoms with Crippen LogP contribution in [0.3, 0.4) is 0 Å². The van der Waals surface area contributed by atoms with Gasteiger partial charge in [-0.05, 0) is 36.2 Å². The van der Waals surface area contributed by atoms with Crippen LogP contribution in [0.1, 0.15) is 20.1 Å². The van der Waals surface area contributed by atoms with Crippen LogP contribution in [0.4, 0.5) is 0 Å². The maximum absolute atomic E-state index is 12.0. The van der Waals surface area contributed by atoms with E-state index in [2.05, 4.69) is 20.7 Å². The fraction of sp³-hybridized carbons (Fsp3) is 0.267. The number of thiophene rings is 1. The van der Waals surface area contributed by atoms with Crippen LogP contribution >= 0.6 is 27.3 Å². The van der Waals surface area contributed by atoms with E-state index < -0.39 is 10.0 Å². The Kier molecular flexibility index (Phi) is 6.34. The third-order valence-corrected chi connectivity index (χ3v) is 5.26.